The molecule has 0 aliphatic heterocycles. The Morgan fingerprint density at radius 1 is 1.03 bits per heavy atom. The van der Waals surface area contributed by atoms with E-state index in [1.807, 2.05) is 24.3 Å². The minimum atomic E-state index is -1.19. The number of H-pyrrole nitrogens is 1. The number of aliphatic carboxylic acids is 1. The second kappa shape index (κ2) is 9.21. The number of aromatic nitrogens is 1. The van der Waals surface area contributed by atoms with Gasteiger partial charge in [-0.25, -0.2) is 9.18 Å². The maximum absolute atomic E-state index is 13.5. The average Bonchev–Trinajstić information content (AvgIpc) is 3.09. The predicted molar refractivity (Wildman–Crippen MR) is 109 cm³/mol. The van der Waals surface area contributed by atoms with Crippen molar-refractivity contribution in [1.29, 1.82) is 0 Å². The molecule has 0 spiro atoms. The number of carbonyl (C=O) groups is 3. The van der Waals surface area contributed by atoms with Crippen LogP contribution in [-0.2, 0) is 27.2 Å². The smallest absolute Gasteiger partial charge is 0.326 e. The van der Waals surface area contributed by atoms with Crippen molar-refractivity contribution in [3.05, 3.63) is 71.7 Å². The maximum atomic E-state index is 13.5. The minimum Gasteiger partial charge on any atom is -0.480 e. The van der Waals surface area contributed by atoms with Crippen LogP contribution in [0.25, 0.3) is 10.9 Å². The largest absolute Gasteiger partial charge is 0.480 e. The highest BCUT2D eigenvalue weighted by molar-refractivity contribution is 5.91. The molecule has 2 amide bonds. The van der Waals surface area contributed by atoms with E-state index in [9.17, 15) is 23.9 Å². The van der Waals surface area contributed by atoms with Crippen molar-refractivity contribution in [2.45, 2.75) is 31.8 Å². The van der Waals surface area contributed by atoms with Crippen LogP contribution in [0.3, 0.4) is 0 Å². The minimum absolute atomic E-state index is 0.0304. The van der Waals surface area contributed by atoms with Gasteiger partial charge in [-0.15, -0.1) is 0 Å². The fraction of sp³-hybridized carbons (Fsp3) is 0.227. The lowest BCUT2D eigenvalue weighted by Gasteiger charge is -2.21. The van der Waals surface area contributed by atoms with E-state index < -0.39 is 35.7 Å². The van der Waals surface area contributed by atoms with Crippen molar-refractivity contribution >= 4 is 28.7 Å². The van der Waals surface area contributed by atoms with E-state index in [0.29, 0.717) is 5.56 Å². The summed E-state index contributed by atoms with van der Waals surface area (Å²) >= 11 is 0. The van der Waals surface area contributed by atoms with Crippen LogP contribution < -0.4 is 10.6 Å². The van der Waals surface area contributed by atoms with Gasteiger partial charge in [0, 0.05) is 36.9 Å². The first-order chi connectivity index (χ1) is 14.3. The van der Waals surface area contributed by atoms with Gasteiger partial charge in [0.25, 0.3) is 0 Å². The predicted octanol–water partition coefficient (Wildman–Crippen LogP) is 2.17. The third kappa shape index (κ3) is 5.22. The van der Waals surface area contributed by atoms with Crippen molar-refractivity contribution in [2.24, 2.45) is 0 Å². The third-order valence-corrected chi connectivity index (χ3v) is 4.74. The van der Waals surface area contributed by atoms with E-state index in [1.54, 1.807) is 12.3 Å². The Morgan fingerprint density at radius 2 is 1.80 bits per heavy atom. The molecule has 8 heteroatoms. The Labute approximate surface area is 172 Å². The molecule has 156 valence electrons. The highest BCUT2D eigenvalue weighted by atomic mass is 19.1. The summed E-state index contributed by atoms with van der Waals surface area (Å²) in [6.45, 7) is 1.26. The lowest BCUT2D eigenvalue weighted by Crippen LogP contribution is -2.52. The number of carboxylic acid groups (broad SMARTS) is 1. The lowest BCUT2D eigenvalue weighted by molar-refractivity contribution is -0.142. The molecule has 0 unspecified atom stereocenters. The number of hydrogen-bond donors (Lipinski definition) is 4. The van der Waals surface area contributed by atoms with Crippen LogP contribution >= 0.6 is 0 Å². The van der Waals surface area contributed by atoms with Gasteiger partial charge in [-0.2, -0.15) is 0 Å². The highest BCUT2D eigenvalue weighted by Crippen LogP contribution is 2.19. The first-order valence-electron chi connectivity index (χ1n) is 9.43. The number of carboxylic acids is 1. The van der Waals surface area contributed by atoms with Crippen LogP contribution in [0.5, 0.6) is 0 Å². The summed E-state index contributed by atoms with van der Waals surface area (Å²) in [5, 5.41) is 15.5. The number of carbonyl (C=O) groups excluding carboxylic acids is 2. The second-order valence-electron chi connectivity index (χ2n) is 7.05. The molecule has 0 saturated carbocycles. The van der Waals surface area contributed by atoms with Crippen molar-refractivity contribution in [3.8, 4) is 0 Å². The Hall–Kier alpha value is -3.68. The first kappa shape index (κ1) is 21.0. The lowest BCUT2D eigenvalue weighted by atomic mass is 10.0. The molecule has 2 atom stereocenters. The fourth-order valence-electron chi connectivity index (χ4n) is 3.35. The van der Waals surface area contributed by atoms with Gasteiger partial charge in [-0.3, -0.25) is 9.59 Å². The van der Waals surface area contributed by atoms with Crippen molar-refractivity contribution in [2.75, 3.05) is 0 Å². The SMILES string of the molecule is CC(=O)N[C@H](Cc1cccc(F)c1)C(=O)N[C@H](Cc1c[nH]c2ccccc12)C(=O)O. The molecule has 4 N–H and O–H groups in total. The molecule has 3 rings (SSSR count). The quantitative estimate of drug-likeness (QED) is 0.455. The van der Waals surface area contributed by atoms with Crippen LogP contribution in [-0.4, -0.2) is 40.0 Å². The van der Waals surface area contributed by atoms with Crippen LogP contribution in [0.2, 0.25) is 0 Å². The molecule has 2 aromatic carbocycles. The highest BCUT2D eigenvalue weighted by Gasteiger charge is 2.27. The molecule has 0 aliphatic carbocycles. The van der Waals surface area contributed by atoms with Gasteiger partial charge in [0.1, 0.15) is 17.9 Å². The normalized spacial score (nSPS) is 12.9. The van der Waals surface area contributed by atoms with E-state index in [0.717, 1.165) is 16.5 Å². The Kier molecular flexibility index (Phi) is 6.46. The van der Waals surface area contributed by atoms with Crippen LogP contribution in [0, 0.1) is 5.82 Å². The molecule has 30 heavy (non-hydrogen) atoms. The molecular formula is C22H22FN3O4. The summed E-state index contributed by atoms with van der Waals surface area (Å²) in [7, 11) is 0. The van der Waals surface area contributed by atoms with Crippen LogP contribution in [0.1, 0.15) is 18.1 Å². The number of para-hydroxylation sites is 1. The number of hydrogen-bond acceptors (Lipinski definition) is 3. The molecule has 0 bridgehead atoms. The second-order valence-corrected chi connectivity index (χ2v) is 7.05. The van der Waals surface area contributed by atoms with Gasteiger partial charge in [0.2, 0.25) is 11.8 Å². The summed E-state index contributed by atoms with van der Waals surface area (Å²) in [5.41, 5.74) is 2.12. The zero-order chi connectivity index (χ0) is 21.7. The van der Waals surface area contributed by atoms with Gasteiger partial charge in [-0.1, -0.05) is 30.3 Å². The molecule has 0 saturated heterocycles. The van der Waals surface area contributed by atoms with E-state index in [1.165, 1.54) is 25.1 Å². The van der Waals surface area contributed by atoms with E-state index in [2.05, 4.69) is 15.6 Å². The molecule has 1 heterocycles. The molecule has 0 fully saturated rings. The van der Waals surface area contributed by atoms with Gasteiger partial charge < -0.3 is 20.7 Å². The third-order valence-electron chi connectivity index (χ3n) is 4.74. The van der Waals surface area contributed by atoms with Gasteiger partial charge in [0.05, 0.1) is 0 Å². The first-order valence-corrected chi connectivity index (χ1v) is 9.43. The Morgan fingerprint density at radius 3 is 2.50 bits per heavy atom. The summed E-state index contributed by atoms with van der Waals surface area (Å²) < 4.78 is 13.5. The topological polar surface area (TPSA) is 111 Å². The summed E-state index contributed by atoms with van der Waals surface area (Å²) in [6.07, 6.45) is 1.81. The van der Waals surface area contributed by atoms with E-state index in [-0.39, 0.29) is 12.8 Å². The zero-order valence-electron chi connectivity index (χ0n) is 16.3. The number of rotatable bonds is 8. The number of amides is 2. The number of nitrogens with one attached hydrogen (secondary N) is 3. The van der Waals surface area contributed by atoms with Crippen molar-refractivity contribution < 1.29 is 23.9 Å². The summed E-state index contributed by atoms with van der Waals surface area (Å²) in [5.74, 6) is -2.75. The Bertz CT molecular complexity index is 1080. The van der Waals surface area contributed by atoms with Crippen molar-refractivity contribution in [1.82, 2.24) is 15.6 Å². The molecule has 7 nitrogen and oxygen atoms in total. The molecule has 1 aromatic heterocycles. The van der Waals surface area contributed by atoms with Gasteiger partial charge >= 0.3 is 5.97 Å². The van der Waals surface area contributed by atoms with E-state index >= 15 is 0 Å². The number of aromatic amines is 1. The number of fused-ring (bicyclic) bond motifs is 1. The standard InChI is InChI=1S/C22H22FN3O4/c1-13(27)25-19(10-14-5-4-6-16(23)9-14)21(28)26-20(22(29)30)11-15-12-24-18-8-3-2-7-17(15)18/h2-9,12,19-20,24H,10-11H2,1H3,(H,25,27)(H,26,28)(H,29,30)/t19-,20-/m1/s1. The van der Waals surface area contributed by atoms with E-state index in [4.69, 9.17) is 0 Å². The fourth-order valence-corrected chi connectivity index (χ4v) is 3.35. The van der Waals surface area contributed by atoms with Crippen molar-refractivity contribution in [3.63, 3.8) is 0 Å². The van der Waals surface area contributed by atoms with Gasteiger partial charge in [0.15, 0.2) is 0 Å². The van der Waals surface area contributed by atoms with Crippen LogP contribution in [0.4, 0.5) is 4.39 Å². The average molecular weight is 411 g/mol. The maximum Gasteiger partial charge on any atom is 0.326 e. The number of halogens is 1. The number of benzene rings is 2. The Balaban J connectivity index is 1.76. The van der Waals surface area contributed by atoms with Gasteiger partial charge in [-0.05, 0) is 29.3 Å². The molecule has 0 aliphatic rings. The monoisotopic (exact) mass is 411 g/mol. The summed E-state index contributed by atoms with van der Waals surface area (Å²) in [6, 6.07) is 10.9. The molecule has 3 aromatic rings. The van der Waals surface area contributed by atoms with Crippen LogP contribution in [0.15, 0.2) is 54.7 Å². The molecule has 0 radical (unpaired) electrons. The summed E-state index contributed by atoms with van der Waals surface area (Å²) in [4.78, 5) is 39.2. The zero-order valence-corrected chi connectivity index (χ0v) is 16.3. The molecular weight excluding hydrogens is 389 g/mol.